The van der Waals surface area contributed by atoms with Gasteiger partial charge in [0, 0.05) is 6.61 Å². The number of nitrogens with zero attached hydrogens (tertiary/aromatic N) is 1. The number of hydrogen-bond acceptors (Lipinski definition) is 4. The number of oxazole rings is 1. The van der Waals surface area contributed by atoms with Crippen molar-refractivity contribution in [3.63, 3.8) is 0 Å². The van der Waals surface area contributed by atoms with E-state index in [4.69, 9.17) is 9.15 Å². The van der Waals surface area contributed by atoms with Crippen LogP contribution in [0.5, 0.6) is 0 Å². The maximum atomic E-state index is 11.8. The molecule has 1 fully saturated rings. The van der Waals surface area contributed by atoms with Gasteiger partial charge in [-0.3, -0.25) is 4.79 Å². The first kappa shape index (κ1) is 11.2. The van der Waals surface area contributed by atoms with Crippen molar-refractivity contribution in [2.45, 2.75) is 13.0 Å². The first-order valence-electron chi connectivity index (χ1n) is 6.03. The van der Waals surface area contributed by atoms with Crippen LogP contribution in [0.1, 0.15) is 12.3 Å². The molecule has 1 aliphatic heterocycles. The highest BCUT2D eigenvalue weighted by atomic mass is 16.5. The standard InChI is InChI=1S/C13H14N2O3/c16-13(9-5-6-17-8-9)14-7-12-15-10-3-1-2-4-11(10)18-12/h1-4,9H,5-8H2,(H,14,16). The summed E-state index contributed by atoms with van der Waals surface area (Å²) < 4.78 is 10.7. The lowest BCUT2D eigenvalue weighted by molar-refractivity contribution is -0.125. The van der Waals surface area contributed by atoms with Gasteiger partial charge in [-0.2, -0.15) is 0 Å². The second kappa shape index (κ2) is 4.78. The molecule has 0 bridgehead atoms. The van der Waals surface area contributed by atoms with Crippen LogP contribution in [-0.4, -0.2) is 24.1 Å². The molecule has 1 unspecified atom stereocenters. The first-order chi connectivity index (χ1) is 8.83. The average molecular weight is 246 g/mol. The van der Waals surface area contributed by atoms with E-state index in [-0.39, 0.29) is 11.8 Å². The summed E-state index contributed by atoms with van der Waals surface area (Å²) in [7, 11) is 0. The molecule has 0 saturated carbocycles. The van der Waals surface area contributed by atoms with Crippen LogP contribution >= 0.6 is 0 Å². The van der Waals surface area contributed by atoms with E-state index in [9.17, 15) is 4.79 Å². The van der Waals surface area contributed by atoms with Gasteiger partial charge in [0.15, 0.2) is 5.58 Å². The predicted octanol–water partition coefficient (Wildman–Crippen LogP) is 1.48. The van der Waals surface area contributed by atoms with E-state index in [1.54, 1.807) is 0 Å². The van der Waals surface area contributed by atoms with Crippen molar-refractivity contribution in [2.24, 2.45) is 5.92 Å². The molecule has 1 amide bonds. The van der Waals surface area contributed by atoms with E-state index >= 15 is 0 Å². The second-order valence-electron chi connectivity index (χ2n) is 4.35. The summed E-state index contributed by atoms with van der Waals surface area (Å²) in [6.45, 7) is 1.50. The SMILES string of the molecule is O=C(NCc1nc2ccccc2o1)C1CCOC1. The monoisotopic (exact) mass is 246 g/mol. The lowest BCUT2D eigenvalue weighted by Gasteiger charge is -2.06. The number of para-hydroxylation sites is 2. The van der Waals surface area contributed by atoms with Gasteiger partial charge < -0.3 is 14.5 Å². The topological polar surface area (TPSA) is 64.4 Å². The number of nitrogens with one attached hydrogen (secondary N) is 1. The zero-order valence-corrected chi connectivity index (χ0v) is 9.89. The van der Waals surface area contributed by atoms with Gasteiger partial charge in [0.25, 0.3) is 0 Å². The summed E-state index contributed by atoms with van der Waals surface area (Å²) in [5.41, 5.74) is 1.55. The number of ether oxygens (including phenoxy) is 1. The molecular formula is C13H14N2O3. The molecule has 1 atom stereocenters. The summed E-state index contributed by atoms with van der Waals surface area (Å²) in [5, 5.41) is 2.83. The number of benzene rings is 1. The fraction of sp³-hybridized carbons (Fsp3) is 0.385. The van der Waals surface area contributed by atoms with Crippen LogP contribution in [0.25, 0.3) is 11.1 Å². The minimum atomic E-state index is -0.0330. The fourth-order valence-corrected chi connectivity index (χ4v) is 2.04. The summed E-state index contributed by atoms with van der Waals surface area (Å²) in [5.74, 6) is 0.507. The van der Waals surface area contributed by atoms with Gasteiger partial charge in [0.2, 0.25) is 11.8 Å². The van der Waals surface area contributed by atoms with Crippen molar-refractivity contribution in [3.8, 4) is 0 Å². The van der Waals surface area contributed by atoms with Crippen molar-refractivity contribution in [2.75, 3.05) is 13.2 Å². The van der Waals surface area contributed by atoms with Crippen molar-refractivity contribution in [1.82, 2.24) is 10.3 Å². The second-order valence-corrected chi connectivity index (χ2v) is 4.35. The van der Waals surface area contributed by atoms with Gasteiger partial charge in [-0.15, -0.1) is 0 Å². The Hall–Kier alpha value is -1.88. The minimum Gasteiger partial charge on any atom is -0.439 e. The molecule has 1 aromatic carbocycles. The van der Waals surface area contributed by atoms with Crippen LogP contribution in [0.4, 0.5) is 0 Å². The zero-order chi connectivity index (χ0) is 12.4. The number of fused-ring (bicyclic) bond motifs is 1. The van der Waals surface area contributed by atoms with Crippen LogP contribution < -0.4 is 5.32 Å². The summed E-state index contributed by atoms with van der Waals surface area (Å²) in [6, 6.07) is 7.54. The Bertz CT molecular complexity index is 525. The Labute approximate surface area is 104 Å². The van der Waals surface area contributed by atoms with Crippen molar-refractivity contribution >= 4 is 17.0 Å². The molecule has 2 heterocycles. The number of aromatic nitrogens is 1. The normalized spacial score (nSPS) is 19.2. The fourth-order valence-electron chi connectivity index (χ4n) is 2.04. The third-order valence-corrected chi connectivity index (χ3v) is 3.05. The highest BCUT2D eigenvalue weighted by Gasteiger charge is 2.23. The van der Waals surface area contributed by atoms with Gasteiger partial charge >= 0.3 is 0 Å². The molecule has 2 aromatic rings. The van der Waals surface area contributed by atoms with Crippen molar-refractivity contribution < 1.29 is 13.9 Å². The maximum Gasteiger partial charge on any atom is 0.225 e. The number of hydrogen-bond donors (Lipinski definition) is 1. The van der Waals surface area contributed by atoms with Crippen LogP contribution in [0.3, 0.4) is 0 Å². The van der Waals surface area contributed by atoms with Crippen LogP contribution in [0.2, 0.25) is 0 Å². The molecule has 1 aromatic heterocycles. The molecule has 1 aliphatic rings. The quantitative estimate of drug-likeness (QED) is 0.891. The molecular weight excluding hydrogens is 232 g/mol. The van der Waals surface area contributed by atoms with Crippen molar-refractivity contribution in [1.29, 1.82) is 0 Å². The number of rotatable bonds is 3. The lowest BCUT2D eigenvalue weighted by atomic mass is 10.1. The molecule has 0 radical (unpaired) electrons. The van der Waals surface area contributed by atoms with Crippen LogP contribution in [0, 0.1) is 5.92 Å². The molecule has 0 spiro atoms. The zero-order valence-electron chi connectivity index (χ0n) is 9.89. The predicted molar refractivity (Wildman–Crippen MR) is 64.8 cm³/mol. The molecule has 18 heavy (non-hydrogen) atoms. The molecule has 1 saturated heterocycles. The van der Waals surface area contributed by atoms with Gasteiger partial charge in [-0.25, -0.2) is 4.98 Å². The number of carbonyl (C=O) groups excluding carboxylic acids is 1. The smallest absolute Gasteiger partial charge is 0.225 e. The van der Waals surface area contributed by atoms with E-state index in [0.717, 1.165) is 17.5 Å². The number of carbonyl (C=O) groups is 1. The van der Waals surface area contributed by atoms with E-state index in [1.807, 2.05) is 24.3 Å². The maximum absolute atomic E-state index is 11.8. The largest absolute Gasteiger partial charge is 0.439 e. The number of amides is 1. The summed E-state index contributed by atoms with van der Waals surface area (Å²) in [6.07, 6.45) is 0.791. The van der Waals surface area contributed by atoms with Gasteiger partial charge in [-0.1, -0.05) is 12.1 Å². The minimum absolute atomic E-state index is 0.00903. The lowest BCUT2D eigenvalue weighted by Crippen LogP contribution is -2.30. The van der Waals surface area contributed by atoms with E-state index in [1.165, 1.54) is 0 Å². The first-order valence-corrected chi connectivity index (χ1v) is 6.03. The Morgan fingerprint density at radius 1 is 1.44 bits per heavy atom. The Morgan fingerprint density at radius 2 is 2.33 bits per heavy atom. The average Bonchev–Trinajstić information content (AvgIpc) is 3.04. The van der Waals surface area contributed by atoms with Gasteiger partial charge in [-0.05, 0) is 18.6 Å². The Morgan fingerprint density at radius 3 is 3.11 bits per heavy atom. The molecule has 5 heteroatoms. The molecule has 94 valence electrons. The van der Waals surface area contributed by atoms with E-state index < -0.39 is 0 Å². The van der Waals surface area contributed by atoms with E-state index in [0.29, 0.717) is 25.6 Å². The third kappa shape index (κ3) is 2.22. The van der Waals surface area contributed by atoms with Crippen LogP contribution in [-0.2, 0) is 16.1 Å². The molecule has 0 aliphatic carbocycles. The molecule has 1 N–H and O–H groups in total. The molecule has 5 nitrogen and oxygen atoms in total. The van der Waals surface area contributed by atoms with Gasteiger partial charge in [0.1, 0.15) is 5.52 Å². The Kier molecular flexibility index (Phi) is 2.98. The highest BCUT2D eigenvalue weighted by molar-refractivity contribution is 5.79. The molecule has 3 rings (SSSR count). The van der Waals surface area contributed by atoms with Crippen LogP contribution in [0.15, 0.2) is 28.7 Å². The van der Waals surface area contributed by atoms with Crippen molar-refractivity contribution in [3.05, 3.63) is 30.2 Å². The Balaban J connectivity index is 1.63. The summed E-state index contributed by atoms with van der Waals surface area (Å²) in [4.78, 5) is 16.1. The van der Waals surface area contributed by atoms with Gasteiger partial charge in [0.05, 0.1) is 19.1 Å². The third-order valence-electron chi connectivity index (χ3n) is 3.05. The highest BCUT2D eigenvalue weighted by Crippen LogP contribution is 2.15. The summed E-state index contributed by atoms with van der Waals surface area (Å²) >= 11 is 0. The van der Waals surface area contributed by atoms with E-state index in [2.05, 4.69) is 10.3 Å².